The molecule has 1 amide bonds. The van der Waals surface area contributed by atoms with Gasteiger partial charge >= 0.3 is 0 Å². The molecule has 0 spiro atoms. The van der Waals surface area contributed by atoms with Gasteiger partial charge in [-0.25, -0.2) is 5.43 Å². The van der Waals surface area contributed by atoms with E-state index < -0.39 is 0 Å². The van der Waals surface area contributed by atoms with Gasteiger partial charge < -0.3 is 0 Å². The number of rotatable bonds is 1. The van der Waals surface area contributed by atoms with Crippen molar-refractivity contribution >= 4 is 12.1 Å². The zero-order valence-corrected chi connectivity index (χ0v) is 5.61. The molecule has 0 aliphatic carbocycles. The van der Waals surface area contributed by atoms with Crippen molar-refractivity contribution in [3.63, 3.8) is 0 Å². The topological polar surface area (TPSA) is 70.1 Å². The van der Waals surface area contributed by atoms with Crippen LogP contribution in [-0.2, 0) is 4.79 Å². The van der Waals surface area contributed by atoms with Crippen molar-refractivity contribution in [2.75, 3.05) is 0 Å². The van der Waals surface area contributed by atoms with Crippen LogP contribution in [0.2, 0.25) is 0 Å². The molecule has 1 atom stereocenters. The molecule has 1 aromatic rings. The van der Waals surface area contributed by atoms with Crippen LogP contribution in [0.5, 0.6) is 0 Å². The first-order valence-electron chi connectivity index (χ1n) is 3.20. The molecular formula is C6H6N4O. The smallest absolute Gasteiger partial charge is 0.254 e. The lowest BCUT2D eigenvalue weighted by Crippen LogP contribution is -2.18. The van der Waals surface area contributed by atoms with Crippen molar-refractivity contribution in [1.82, 2.24) is 15.6 Å². The molecule has 0 aromatic carbocycles. The fourth-order valence-corrected chi connectivity index (χ4v) is 0.974. The Bertz CT molecular complexity index is 290. The summed E-state index contributed by atoms with van der Waals surface area (Å²) < 4.78 is 0. The summed E-state index contributed by atoms with van der Waals surface area (Å²) in [5.74, 6) is -0.410. The Kier molecular flexibility index (Phi) is 1.21. The SMILES string of the molecule is O=C1NN=CC1c1ccn[nH]1. The molecule has 1 aliphatic rings. The van der Waals surface area contributed by atoms with Crippen molar-refractivity contribution in [3.8, 4) is 0 Å². The first kappa shape index (κ1) is 6.09. The van der Waals surface area contributed by atoms with Crippen LogP contribution in [0.3, 0.4) is 0 Å². The predicted octanol–water partition coefficient (Wildman–Crippen LogP) is -0.391. The number of nitrogens with zero attached hydrogens (tertiary/aromatic N) is 2. The summed E-state index contributed by atoms with van der Waals surface area (Å²) in [5, 5.41) is 10.1. The van der Waals surface area contributed by atoms with E-state index in [1.807, 2.05) is 0 Å². The highest BCUT2D eigenvalue weighted by Crippen LogP contribution is 2.12. The second kappa shape index (κ2) is 2.19. The van der Waals surface area contributed by atoms with E-state index in [0.29, 0.717) is 0 Å². The molecule has 0 radical (unpaired) electrons. The van der Waals surface area contributed by atoms with Gasteiger partial charge in [-0.3, -0.25) is 9.89 Å². The van der Waals surface area contributed by atoms with Crippen molar-refractivity contribution in [2.24, 2.45) is 5.10 Å². The molecule has 2 rings (SSSR count). The lowest BCUT2D eigenvalue weighted by Gasteiger charge is -1.97. The van der Waals surface area contributed by atoms with E-state index in [9.17, 15) is 4.79 Å². The molecule has 5 nitrogen and oxygen atoms in total. The maximum Gasteiger partial charge on any atom is 0.254 e. The number of aromatic nitrogens is 2. The highest BCUT2D eigenvalue weighted by molar-refractivity contribution is 6.02. The zero-order chi connectivity index (χ0) is 7.68. The Labute approximate surface area is 62.5 Å². The molecule has 0 saturated heterocycles. The highest BCUT2D eigenvalue weighted by Gasteiger charge is 2.23. The number of carbonyl (C=O) groups is 1. The van der Waals surface area contributed by atoms with Crippen LogP contribution in [0.1, 0.15) is 11.6 Å². The molecule has 2 heterocycles. The van der Waals surface area contributed by atoms with Gasteiger partial charge in [0.05, 0.1) is 5.69 Å². The average molecular weight is 150 g/mol. The summed E-state index contributed by atoms with van der Waals surface area (Å²) >= 11 is 0. The monoisotopic (exact) mass is 150 g/mol. The van der Waals surface area contributed by atoms with E-state index >= 15 is 0 Å². The minimum absolute atomic E-state index is 0.116. The molecule has 1 unspecified atom stereocenters. The zero-order valence-electron chi connectivity index (χ0n) is 5.61. The van der Waals surface area contributed by atoms with Crippen LogP contribution < -0.4 is 5.43 Å². The van der Waals surface area contributed by atoms with E-state index in [4.69, 9.17) is 0 Å². The summed E-state index contributed by atoms with van der Waals surface area (Å²) in [6.07, 6.45) is 3.16. The number of hydrogen-bond donors (Lipinski definition) is 2. The van der Waals surface area contributed by atoms with E-state index in [2.05, 4.69) is 20.7 Å². The van der Waals surface area contributed by atoms with Gasteiger partial charge in [-0.1, -0.05) is 0 Å². The van der Waals surface area contributed by atoms with Crippen LogP contribution in [0, 0.1) is 0 Å². The number of carbonyl (C=O) groups excluding carboxylic acids is 1. The number of aromatic amines is 1. The van der Waals surface area contributed by atoms with Crippen LogP contribution in [0.25, 0.3) is 0 Å². The molecule has 0 saturated carbocycles. The molecule has 11 heavy (non-hydrogen) atoms. The van der Waals surface area contributed by atoms with E-state index in [-0.39, 0.29) is 11.8 Å². The first-order valence-corrected chi connectivity index (χ1v) is 3.20. The molecule has 2 N–H and O–H groups in total. The molecule has 1 aliphatic heterocycles. The van der Waals surface area contributed by atoms with Crippen molar-refractivity contribution in [2.45, 2.75) is 5.92 Å². The average Bonchev–Trinajstić information content (AvgIpc) is 2.55. The summed E-state index contributed by atoms with van der Waals surface area (Å²) in [6.45, 7) is 0. The molecule has 1 aromatic heterocycles. The van der Waals surface area contributed by atoms with Gasteiger partial charge in [0.2, 0.25) is 0 Å². The number of nitrogens with one attached hydrogen (secondary N) is 2. The predicted molar refractivity (Wildman–Crippen MR) is 38.0 cm³/mol. The van der Waals surface area contributed by atoms with Gasteiger partial charge in [-0.2, -0.15) is 10.2 Å². The second-order valence-corrected chi connectivity index (χ2v) is 2.24. The molecule has 0 bridgehead atoms. The fourth-order valence-electron chi connectivity index (χ4n) is 0.974. The third-order valence-corrected chi connectivity index (χ3v) is 1.54. The van der Waals surface area contributed by atoms with Crippen LogP contribution in [0.15, 0.2) is 17.4 Å². The summed E-state index contributed by atoms with van der Waals surface area (Å²) in [7, 11) is 0. The van der Waals surface area contributed by atoms with Gasteiger partial charge in [0.25, 0.3) is 5.91 Å². The molecule has 0 fully saturated rings. The molecular weight excluding hydrogens is 144 g/mol. The Morgan fingerprint density at radius 3 is 3.00 bits per heavy atom. The van der Waals surface area contributed by atoms with E-state index in [1.54, 1.807) is 18.5 Å². The van der Waals surface area contributed by atoms with Gasteiger partial charge in [0, 0.05) is 12.4 Å². The largest absolute Gasteiger partial charge is 0.281 e. The van der Waals surface area contributed by atoms with Crippen LogP contribution in [0.4, 0.5) is 0 Å². The summed E-state index contributed by atoms with van der Waals surface area (Å²) in [5.41, 5.74) is 3.11. The van der Waals surface area contributed by atoms with Crippen molar-refractivity contribution in [3.05, 3.63) is 18.0 Å². The number of H-pyrrole nitrogens is 1. The third-order valence-electron chi connectivity index (χ3n) is 1.54. The lowest BCUT2D eigenvalue weighted by molar-refractivity contribution is -0.120. The fraction of sp³-hybridized carbons (Fsp3) is 0.167. The lowest BCUT2D eigenvalue weighted by atomic mass is 10.1. The first-order chi connectivity index (χ1) is 5.38. The maximum absolute atomic E-state index is 11.0. The molecule has 56 valence electrons. The van der Waals surface area contributed by atoms with Crippen molar-refractivity contribution in [1.29, 1.82) is 0 Å². The minimum atomic E-state index is -0.294. The summed E-state index contributed by atoms with van der Waals surface area (Å²) in [6, 6.07) is 1.75. The standard InChI is InChI=1S/C6H6N4O/c11-6-4(3-8-10-6)5-1-2-7-9-5/h1-4H,(H,7,9)(H,10,11). The quantitative estimate of drug-likeness (QED) is 0.572. The maximum atomic E-state index is 11.0. The van der Waals surface area contributed by atoms with Gasteiger partial charge in [-0.15, -0.1) is 0 Å². The Morgan fingerprint density at radius 1 is 1.55 bits per heavy atom. The van der Waals surface area contributed by atoms with E-state index in [0.717, 1.165) is 5.69 Å². The van der Waals surface area contributed by atoms with E-state index in [1.165, 1.54) is 0 Å². The Morgan fingerprint density at radius 2 is 2.45 bits per heavy atom. The number of amides is 1. The minimum Gasteiger partial charge on any atom is -0.281 e. The van der Waals surface area contributed by atoms with Crippen LogP contribution >= 0.6 is 0 Å². The third kappa shape index (κ3) is 0.899. The Hall–Kier alpha value is -1.65. The van der Waals surface area contributed by atoms with Crippen LogP contribution in [-0.4, -0.2) is 22.3 Å². The van der Waals surface area contributed by atoms with Crippen molar-refractivity contribution < 1.29 is 4.79 Å². The summed E-state index contributed by atoms with van der Waals surface area (Å²) in [4.78, 5) is 11.0. The van der Waals surface area contributed by atoms with Gasteiger partial charge in [-0.05, 0) is 6.07 Å². The number of hydrogen-bond acceptors (Lipinski definition) is 3. The normalized spacial score (nSPS) is 22.2. The van der Waals surface area contributed by atoms with Gasteiger partial charge in [0.1, 0.15) is 5.92 Å². The molecule has 5 heteroatoms. The Balaban J connectivity index is 2.30. The second-order valence-electron chi connectivity index (χ2n) is 2.24. The number of hydrazone groups is 1. The van der Waals surface area contributed by atoms with Gasteiger partial charge in [0.15, 0.2) is 0 Å². The highest BCUT2D eigenvalue weighted by atomic mass is 16.2.